The van der Waals surface area contributed by atoms with Crippen molar-refractivity contribution in [3.05, 3.63) is 65.1 Å². The number of hydrogen-bond donors (Lipinski definition) is 0. The second kappa shape index (κ2) is 8.69. The molecule has 0 radical (unpaired) electrons. The molecule has 0 saturated heterocycles. The first kappa shape index (κ1) is 22.8. The van der Waals surface area contributed by atoms with Crippen molar-refractivity contribution in [2.24, 2.45) is 0 Å². The number of para-hydroxylation sites is 1. The van der Waals surface area contributed by atoms with Gasteiger partial charge < -0.3 is 14.2 Å². The van der Waals surface area contributed by atoms with Crippen LogP contribution < -0.4 is 4.74 Å². The Morgan fingerprint density at radius 3 is 2.09 bits per heavy atom. The van der Waals surface area contributed by atoms with Crippen LogP contribution in [0.1, 0.15) is 26.4 Å². The van der Waals surface area contributed by atoms with E-state index in [9.17, 15) is 27.2 Å². The van der Waals surface area contributed by atoms with E-state index in [1.807, 2.05) is 0 Å². The fourth-order valence-corrected chi connectivity index (χ4v) is 3.10. The van der Waals surface area contributed by atoms with Crippen molar-refractivity contribution in [2.45, 2.75) is 6.18 Å². The lowest BCUT2D eigenvalue weighted by Crippen LogP contribution is -2.15. The molecule has 11 heteroatoms. The monoisotopic (exact) mass is 452 g/mol. The zero-order valence-corrected chi connectivity index (χ0v) is 17.0. The summed E-state index contributed by atoms with van der Waals surface area (Å²) < 4.78 is 69.6. The topological polar surface area (TPSA) is 79.7 Å². The summed E-state index contributed by atoms with van der Waals surface area (Å²) in [5.74, 6) is -4.51. The first-order valence-corrected chi connectivity index (χ1v) is 8.94. The molecule has 0 aliphatic heterocycles. The lowest BCUT2D eigenvalue weighted by atomic mass is 10.0. The van der Waals surface area contributed by atoms with Crippen molar-refractivity contribution in [1.82, 2.24) is 9.78 Å². The van der Waals surface area contributed by atoms with Crippen LogP contribution in [-0.2, 0) is 15.7 Å². The highest BCUT2D eigenvalue weighted by atomic mass is 19.4. The summed E-state index contributed by atoms with van der Waals surface area (Å²) in [6, 6.07) is 9.48. The Morgan fingerprint density at radius 2 is 1.56 bits per heavy atom. The molecule has 0 saturated carbocycles. The van der Waals surface area contributed by atoms with Gasteiger partial charge >= 0.3 is 18.1 Å². The van der Waals surface area contributed by atoms with Gasteiger partial charge in [0.25, 0.3) is 0 Å². The van der Waals surface area contributed by atoms with Crippen molar-refractivity contribution >= 4 is 11.9 Å². The van der Waals surface area contributed by atoms with Crippen LogP contribution >= 0.6 is 0 Å². The number of hydrogen-bond acceptors (Lipinski definition) is 6. The van der Waals surface area contributed by atoms with Gasteiger partial charge in [0.1, 0.15) is 11.3 Å². The third kappa shape index (κ3) is 3.88. The number of ether oxygens (including phenoxy) is 3. The van der Waals surface area contributed by atoms with Gasteiger partial charge in [-0.15, -0.1) is 0 Å². The lowest BCUT2D eigenvalue weighted by molar-refractivity contribution is -0.140. The summed E-state index contributed by atoms with van der Waals surface area (Å²) >= 11 is 0. The highest BCUT2D eigenvalue weighted by Gasteiger charge is 2.38. The first-order valence-electron chi connectivity index (χ1n) is 8.94. The number of benzene rings is 2. The van der Waals surface area contributed by atoms with Crippen molar-refractivity contribution in [1.29, 1.82) is 0 Å². The Bertz CT molecular complexity index is 1170. The van der Waals surface area contributed by atoms with Gasteiger partial charge in [-0.1, -0.05) is 18.2 Å². The molecular formula is C21H16F4N2O5. The highest BCUT2D eigenvalue weighted by molar-refractivity contribution is 6.07. The standard InChI is InChI=1S/C21H16F4N2O5/c1-30-18-12(9-10-13(15(18)22)21(23,24)25)16-14(19(28)31-2)17(20(29)32-3)27(26-16)11-7-5-4-6-8-11/h4-10H,1-3H3. The molecule has 3 aromatic rings. The maximum absolute atomic E-state index is 14.7. The number of nitrogens with zero attached hydrogens (tertiary/aromatic N) is 2. The molecule has 0 amide bonds. The molecule has 0 bridgehead atoms. The van der Waals surface area contributed by atoms with E-state index in [1.165, 1.54) is 0 Å². The third-order valence-corrected chi connectivity index (χ3v) is 4.52. The molecule has 7 nitrogen and oxygen atoms in total. The van der Waals surface area contributed by atoms with Crippen molar-refractivity contribution in [3.63, 3.8) is 0 Å². The van der Waals surface area contributed by atoms with E-state index in [0.717, 1.165) is 32.1 Å². The number of carbonyl (C=O) groups excluding carboxylic acids is 2. The summed E-state index contributed by atoms with van der Waals surface area (Å²) in [6.07, 6.45) is -4.98. The van der Waals surface area contributed by atoms with Gasteiger partial charge in [-0.2, -0.15) is 18.3 Å². The van der Waals surface area contributed by atoms with Crippen LogP contribution in [0, 0.1) is 5.82 Å². The van der Waals surface area contributed by atoms with E-state index in [1.54, 1.807) is 30.3 Å². The predicted octanol–water partition coefficient (Wildman–Crippen LogP) is 4.28. The number of esters is 2. The SMILES string of the molecule is COC(=O)c1c(-c2ccc(C(F)(F)F)c(F)c2OC)nn(-c2ccccc2)c1C(=O)OC. The summed E-state index contributed by atoms with van der Waals surface area (Å²) in [6.45, 7) is 0. The molecule has 32 heavy (non-hydrogen) atoms. The third-order valence-electron chi connectivity index (χ3n) is 4.52. The van der Waals surface area contributed by atoms with E-state index in [-0.39, 0.29) is 17.0 Å². The van der Waals surface area contributed by atoms with Crippen molar-refractivity contribution in [2.75, 3.05) is 21.3 Å². The molecule has 1 aromatic heterocycles. The maximum atomic E-state index is 14.7. The van der Waals surface area contributed by atoms with E-state index < -0.39 is 40.8 Å². The average Bonchev–Trinajstić information content (AvgIpc) is 3.17. The Balaban J connectivity index is 2.42. The zero-order chi connectivity index (χ0) is 23.6. The van der Waals surface area contributed by atoms with E-state index in [2.05, 4.69) is 5.10 Å². The molecule has 0 fully saturated rings. The number of carbonyl (C=O) groups is 2. The van der Waals surface area contributed by atoms with Crippen LogP contribution in [0.25, 0.3) is 16.9 Å². The van der Waals surface area contributed by atoms with Crippen LogP contribution in [-0.4, -0.2) is 43.0 Å². The van der Waals surface area contributed by atoms with Gasteiger partial charge in [0, 0.05) is 5.56 Å². The number of aromatic nitrogens is 2. The normalized spacial score (nSPS) is 11.2. The quantitative estimate of drug-likeness (QED) is 0.425. The maximum Gasteiger partial charge on any atom is 0.419 e. The Labute approximate surface area is 179 Å². The highest BCUT2D eigenvalue weighted by Crippen LogP contribution is 2.41. The van der Waals surface area contributed by atoms with E-state index in [4.69, 9.17) is 14.2 Å². The number of alkyl halides is 3. The summed E-state index contributed by atoms with van der Waals surface area (Å²) in [4.78, 5) is 25.2. The zero-order valence-electron chi connectivity index (χ0n) is 17.0. The van der Waals surface area contributed by atoms with Gasteiger partial charge in [-0.05, 0) is 24.3 Å². The van der Waals surface area contributed by atoms with Crippen LogP contribution in [0.15, 0.2) is 42.5 Å². The van der Waals surface area contributed by atoms with Gasteiger partial charge in [-0.3, -0.25) is 0 Å². The Hall–Kier alpha value is -3.89. The Kier molecular flexibility index (Phi) is 6.19. The smallest absolute Gasteiger partial charge is 0.419 e. The fraction of sp³-hybridized carbons (Fsp3) is 0.190. The molecule has 0 spiro atoms. The predicted molar refractivity (Wildman–Crippen MR) is 103 cm³/mol. The summed E-state index contributed by atoms with van der Waals surface area (Å²) in [5, 5.41) is 4.22. The molecule has 0 aliphatic carbocycles. The minimum Gasteiger partial charge on any atom is -0.493 e. The molecular weight excluding hydrogens is 436 g/mol. The largest absolute Gasteiger partial charge is 0.493 e. The lowest BCUT2D eigenvalue weighted by Gasteiger charge is -2.14. The number of methoxy groups -OCH3 is 3. The minimum absolute atomic E-state index is 0.293. The van der Waals surface area contributed by atoms with Gasteiger partial charge in [0.15, 0.2) is 17.3 Å². The Morgan fingerprint density at radius 1 is 0.938 bits per heavy atom. The fourth-order valence-electron chi connectivity index (χ4n) is 3.10. The van der Waals surface area contributed by atoms with E-state index in [0.29, 0.717) is 11.8 Å². The van der Waals surface area contributed by atoms with Gasteiger partial charge in [-0.25, -0.2) is 18.7 Å². The van der Waals surface area contributed by atoms with Crippen molar-refractivity contribution < 1.29 is 41.4 Å². The molecule has 0 atom stereocenters. The first-order chi connectivity index (χ1) is 15.1. The van der Waals surface area contributed by atoms with Crippen LogP contribution in [0.4, 0.5) is 17.6 Å². The molecule has 168 valence electrons. The van der Waals surface area contributed by atoms with Gasteiger partial charge in [0.05, 0.1) is 32.6 Å². The summed E-state index contributed by atoms with van der Waals surface area (Å²) in [5.41, 5.74) is -2.64. The van der Waals surface area contributed by atoms with Crippen LogP contribution in [0.3, 0.4) is 0 Å². The van der Waals surface area contributed by atoms with Crippen LogP contribution in [0.5, 0.6) is 5.75 Å². The summed E-state index contributed by atoms with van der Waals surface area (Å²) in [7, 11) is 3.08. The van der Waals surface area contributed by atoms with E-state index >= 15 is 0 Å². The van der Waals surface area contributed by atoms with Gasteiger partial charge in [0.2, 0.25) is 0 Å². The molecule has 2 aromatic carbocycles. The van der Waals surface area contributed by atoms with Crippen LogP contribution in [0.2, 0.25) is 0 Å². The minimum atomic E-state index is -4.98. The second-order valence-corrected chi connectivity index (χ2v) is 6.31. The molecule has 1 heterocycles. The molecule has 0 aliphatic rings. The number of halogens is 4. The molecule has 0 N–H and O–H groups in total. The molecule has 3 rings (SSSR count). The van der Waals surface area contributed by atoms with Crippen molar-refractivity contribution in [3.8, 4) is 22.7 Å². The second-order valence-electron chi connectivity index (χ2n) is 6.31. The molecule has 0 unspecified atom stereocenters. The average molecular weight is 452 g/mol. The number of rotatable bonds is 5.